The van der Waals surface area contributed by atoms with Crippen molar-refractivity contribution >= 4 is 23.1 Å². The van der Waals surface area contributed by atoms with Gasteiger partial charge in [0.25, 0.3) is 0 Å². The summed E-state index contributed by atoms with van der Waals surface area (Å²) in [5, 5.41) is 1.25. The van der Waals surface area contributed by atoms with Gasteiger partial charge in [-0.25, -0.2) is 0 Å². The Morgan fingerprint density at radius 3 is 2.79 bits per heavy atom. The van der Waals surface area contributed by atoms with Crippen molar-refractivity contribution in [3.63, 3.8) is 0 Å². The SMILES string of the molecule is C=Cc1[nH]c2ccccc2c1C=CC. The van der Waals surface area contributed by atoms with Gasteiger partial charge in [0.05, 0.1) is 0 Å². The molecule has 0 amide bonds. The lowest BCUT2D eigenvalue weighted by Crippen LogP contribution is -1.73. The molecule has 0 fully saturated rings. The van der Waals surface area contributed by atoms with E-state index in [0.29, 0.717) is 0 Å². The van der Waals surface area contributed by atoms with Gasteiger partial charge in [-0.05, 0) is 19.1 Å². The Bertz CT molecular complexity index is 489. The van der Waals surface area contributed by atoms with E-state index in [2.05, 4.69) is 35.8 Å². The Hall–Kier alpha value is -1.76. The maximum absolute atomic E-state index is 3.80. The number of benzene rings is 1. The number of rotatable bonds is 2. The van der Waals surface area contributed by atoms with Crippen LogP contribution in [-0.2, 0) is 0 Å². The predicted octanol–water partition coefficient (Wildman–Crippen LogP) is 3.84. The molecule has 1 heteroatoms. The van der Waals surface area contributed by atoms with Gasteiger partial charge in [0.15, 0.2) is 0 Å². The first kappa shape index (κ1) is 8.82. The molecule has 0 spiro atoms. The maximum Gasteiger partial charge on any atom is 0.0464 e. The highest BCUT2D eigenvalue weighted by atomic mass is 14.7. The van der Waals surface area contributed by atoms with Crippen LogP contribution >= 0.6 is 0 Å². The molecule has 1 nitrogen and oxygen atoms in total. The minimum atomic E-state index is 1.09. The lowest BCUT2D eigenvalue weighted by molar-refractivity contribution is 1.42. The first-order valence-corrected chi connectivity index (χ1v) is 4.72. The molecule has 0 aliphatic heterocycles. The Morgan fingerprint density at radius 1 is 1.29 bits per heavy atom. The van der Waals surface area contributed by atoms with Gasteiger partial charge in [-0.3, -0.25) is 0 Å². The van der Waals surface area contributed by atoms with Gasteiger partial charge in [0.1, 0.15) is 0 Å². The lowest BCUT2D eigenvalue weighted by atomic mass is 10.1. The zero-order chi connectivity index (χ0) is 9.97. The zero-order valence-corrected chi connectivity index (χ0v) is 8.25. The van der Waals surface area contributed by atoms with Crippen LogP contribution in [0.15, 0.2) is 36.9 Å². The fourth-order valence-electron chi connectivity index (χ4n) is 1.69. The van der Waals surface area contributed by atoms with Gasteiger partial charge in [-0.1, -0.05) is 36.9 Å². The van der Waals surface area contributed by atoms with Crippen molar-refractivity contribution in [2.24, 2.45) is 0 Å². The Kier molecular flexibility index (Phi) is 2.23. The average Bonchev–Trinajstić information content (AvgIpc) is 2.58. The molecule has 70 valence electrons. The van der Waals surface area contributed by atoms with Crippen molar-refractivity contribution in [3.05, 3.63) is 48.2 Å². The first-order valence-electron chi connectivity index (χ1n) is 4.72. The Morgan fingerprint density at radius 2 is 2.07 bits per heavy atom. The summed E-state index contributed by atoms with van der Waals surface area (Å²) in [5.41, 5.74) is 3.47. The summed E-state index contributed by atoms with van der Waals surface area (Å²) in [5.74, 6) is 0. The number of hydrogen-bond donors (Lipinski definition) is 1. The van der Waals surface area contributed by atoms with E-state index in [0.717, 1.165) is 11.2 Å². The van der Waals surface area contributed by atoms with Gasteiger partial charge < -0.3 is 4.98 Å². The normalized spacial score (nSPS) is 11.2. The summed E-state index contributed by atoms with van der Waals surface area (Å²) in [6.07, 6.45) is 6.01. The smallest absolute Gasteiger partial charge is 0.0464 e. The second-order valence-electron chi connectivity index (χ2n) is 3.20. The van der Waals surface area contributed by atoms with Gasteiger partial charge >= 0.3 is 0 Å². The molecule has 0 bridgehead atoms. The highest BCUT2D eigenvalue weighted by molar-refractivity contribution is 5.92. The minimum Gasteiger partial charge on any atom is -0.355 e. The number of allylic oxidation sites excluding steroid dienone is 1. The fraction of sp³-hybridized carbons (Fsp3) is 0.0769. The van der Waals surface area contributed by atoms with Crippen LogP contribution in [0, 0.1) is 0 Å². The number of nitrogens with one attached hydrogen (secondary N) is 1. The summed E-state index contributed by atoms with van der Waals surface area (Å²) in [6.45, 7) is 5.83. The monoisotopic (exact) mass is 183 g/mol. The van der Waals surface area contributed by atoms with Crippen LogP contribution in [0.3, 0.4) is 0 Å². The molecular weight excluding hydrogens is 170 g/mol. The molecule has 0 atom stereocenters. The first-order chi connectivity index (χ1) is 6.86. The van der Waals surface area contributed by atoms with Crippen LogP contribution < -0.4 is 0 Å². The molecule has 0 saturated carbocycles. The molecule has 0 unspecified atom stereocenters. The van der Waals surface area contributed by atoms with Gasteiger partial charge in [0.2, 0.25) is 0 Å². The summed E-state index contributed by atoms with van der Waals surface area (Å²) in [4.78, 5) is 3.33. The molecule has 0 aliphatic carbocycles. The second-order valence-corrected chi connectivity index (χ2v) is 3.20. The van der Waals surface area contributed by atoms with Crippen LogP contribution in [0.5, 0.6) is 0 Å². The van der Waals surface area contributed by atoms with Crippen molar-refractivity contribution < 1.29 is 0 Å². The molecule has 1 aromatic carbocycles. The number of para-hydroxylation sites is 1. The van der Waals surface area contributed by atoms with Crippen molar-refractivity contribution in [2.75, 3.05) is 0 Å². The molecule has 1 aromatic heterocycles. The third-order valence-corrected chi connectivity index (χ3v) is 2.31. The molecule has 1 heterocycles. The molecule has 14 heavy (non-hydrogen) atoms. The molecular formula is C13H13N. The number of aromatic nitrogens is 1. The van der Waals surface area contributed by atoms with E-state index < -0.39 is 0 Å². The van der Waals surface area contributed by atoms with Crippen molar-refractivity contribution in [3.8, 4) is 0 Å². The quantitative estimate of drug-likeness (QED) is 0.728. The van der Waals surface area contributed by atoms with Gasteiger partial charge in [0, 0.05) is 22.2 Å². The van der Waals surface area contributed by atoms with Crippen LogP contribution in [-0.4, -0.2) is 4.98 Å². The molecule has 0 radical (unpaired) electrons. The van der Waals surface area contributed by atoms with Crippen molar-refractivity contribution in [1.29, 1.82) is 0 Å². The highest BCUT2D eigenvalue weighted by Crippen LogP contribution is 2.24. The Labute approximate surface area is 83.8 Å². The number of H-pyrrole nitrogens is 1. The van der Waals surface area contributed by atoms with Crippen molar-refractivity contribution in [1.82, 2.24) is 4.98 Å². The molecule has 2 aromatic rings. The number of aromatic amines is 1. The van der Waals surface area contributed by atoms with Crippen LogP contribution in [0.4, 0.5) is 0 Å². The number of fused-ring (bicyclic) bond motifs is 1. The standard InChI is InChI=1S/C13H13N/c1-3-7-10-11-8-5-6-9-13(11)14-12(10)4-2/h3-9,14H,2H2,1H3. The lowest BCUT2D eigenvalue weighted by Gasteiger charge is -1.91. The van der Waals surface area contributed by atoms with E-state index in [1.807, 2.05) is 25.1 Å². The van der Waals surface area contributed by atoms with Gasteiger partial charge in [-0.15, -0.1) is 0 Å². The van der Waals surface area contributed by atoms with E-state index in [1.54, 1.807) is 0 Å². The van der Waals surface area contributed by atoms with E-state index in [9.17, 15) is 0 Å². The third-order valence-electron chi connectivity index (χ3n) is 2.31. The maximum atomic E-state index is 3.80. The topological polar surface area (TPSA) is 15.8 Å². The second kappa shape index (κ2) is 3.54. The third kappa shape index (κ3) is 1.27. The summed E-state index contributed by atoms with van der Waals surface area (Å²) in [6, 6.07) is 8.28. The summed E-state index contributed by atoms with van der Waals surface area (Å²) >= 11 is 0. The summed E-state index contributed by atoms with van der Waals surface area (Å²) < 4.78 is 0. The molecule has 0 saturated heterocycles. The summed E-state index contributed by atoms with van der Waals surface area (Å²) in [7, 11) is 0. The molecule has 1 N–H and O–H groups in total. The zero-order valence-electron chi connectivity index (χ0n) is 8.25. The largest absolute Gasteiger partial charge is 0.355 e. The number of hydrogen-bond acceptors (Lipinski definition) is 0. The molecule has 2 rings (SSSR count). The van der Waals surface area contributed by atoms with E-state index in [4.69, 9.17) is 0 Å². The van der Waals surface area contributed by atoms with E-state index in [-0.39, 0.29) is 0 Å². The van der Waals surface area contributed by atoms with E-state index >= 15 is 0 Å². The fourth-order valence-corrected chi connectivity index (χ4v) is 1.69. The van der Waals surface area contributed by atoms with Crippen LogP contribution in [0.1, 0.15) is 18.2 Å². The van der Waals surface area contributed by atoms with E-state index in [1.165, 1.54) is 10.9 Å². The van der Waals surface area contributed by atoms with Crippen LogP contribution in [0.2, 0.25) is 0 Å². The Balaban J connectivity index is 2.80. The van der Waals surface area contributed by atoms with Gasteiger partial charge in [-0.2, -0.15) is 0 Å². The molecule has 0 aliphatic rings. The predicted molar refractivity (Wildman–Crippen MR) is 63.1 cm³/mol. The highest BCUT2D eigenvalue weighted by Gasteiger charge is 2.04. The van der Waals surface area contributed by atoms with Crippen molar-refractivity contribution in [2.45, 2.75) is 6.92 Å². The average molecular weight is 183 g/mol. The van der Waals surface area contributed by atoms with Crippen LogP contribution in [0.25, 0.3) is 23.1 Å². The minimum absolute atomic E-state index is 1.09.